The predicted molar refractivity (Wildman–Crippen MR) is 109 cm³/mol. The Balaban J connectivity index is 1.94. The highest BCUT2D eigenvalue weighted by atomic mass is 19.4. The van der Waals surface area contributed by atoms with Gasteiger partial charge in [0.2, 0.25) is 0 Å². The summed E-state index contributed by atoms with van der Waals surface area (Å²) in [6.45, 7) is 1.46. The molecule has 1 aromatic heterocycles. The fourth-order valence-corrected chi connectivity index (χ4v) is 4.14. The van der Waals surface area contributed by atoms with Crippen LogP contribution < -0.4 is 10.5 Å². The summed E-state index contributed by atoms with van der Waals surface area (Å²) in [7, 11) is 1.35. The van der Waals surface area contributed by atoms with E-state index in [0.29, 0.717) is 6.42 Å². The molecule has 0 saturated carbocycles. The van der Waals surface area contributed by atoms with Gasteiger partial charge in [0.05, 0.1) is 19.0 Å². The second-order valence-electron chi connectivity index (χ2n) is 7.85. The molecule has 0 saturated heterocycles. The Kier molecular flexibility index (Phi) is 6.31. The minimum Gasteiger partial charge on any atom is -0.496 e. The van der Waals surface area contributed by atoms with E-state index in [4.69, 9.17) is 10.5 Å². The van der Waals surface area contributed by atoms with Crippen LogP contribution in [-0.4, -0.2) is 24.3 Å². The monoisotopic (exact) mass is 420 g/mol. The lowest BCUT2D eigenvalue weighted by Crippen LogP contribution is -2.38. The van der Waals surface area contributed by atoms with Crippen molar-refractivity contribution in [3.8, 4) is 5.75 Å². The Morgan fingerprint density at radius 3 is 2.53 bits per heavy atom. The Morgan fingerprint density at radius 1 is 1.10 bits per heavy atom. The van der Waals surface area contributed by atoms with Crippen molar-refractivity contribution in [3.63, 3.8) is 0 Å². The third kappa shape index (κ3) is 5.08. The zero-order chi connectivity index (χ0) is 21.9. The second-order valence-corrected chi connectivity index (χ2v) is 7.85. The van der Waals surface area contributed by atoms with Crippen molar-refractivity contribution < 1.29 is 22.3 Å². The molecule has 2 unspecified atom stereocenters. The first kappa shape index (κ1) is 22.0. The van der Waals surface area contributed by atoms with E-state index >= 15 is 0 Å². The molecule has 0 radical (unpaired) electrons. The normalized spacial score (nSPS) is 15.0. The van der Waals surface area contributed by atoms with E-state index in [1.54, 1.807) is 6.20 Å². The molecule has 2 aromatic carbocycles. The summed E-state index contributed by atoms with van der Waals surface area (Å²) in [5.41, 5.74) is 6.77. The molecule has 0 aliphatic rings. The van der Waals surface area contributed by atoms with Crippen LogP contribution in [0.1, 0.15) is 30.9 Å². The summed E-state index contributed by atoms with van der Waals surface area (Å²) < 4.78 is 59.6. The fourth-order valence-electron chi connectivity index (χ4n) is 4.14. The summed E-state index contributed by atoms with van der Waals surface area (Å²) in [6, 6.07) is 12.4. The number of methoxy groups -OCH3 is 1. The van der Waals surface area contributed by atoms with Gasteiger partial charge >= 0.3 is 6.18 Å². The van der Waals surface area contributed by atoms with E-state index in [1.807, 2.05) is 30.3 Å². The molecule has 0 amide bonds. The van der Waals surface area contributed by atoms with Crippen LogP contribution in [-0.2, 0) is 11.8 Å². The number of halogens is 4. The SMILES string of the molecule is COc1ccc(F)cc1C(C)(CC(N)Cc1ccnc2ccccc12)CC(F)(F)F. The van der Waals surface area contributed by atoms with Crippen LogP contribution in [0, 0.1) is 5.82 Å². The van der Waals surface area contributed by atoms with Crippen molar-refractivity contribution in [2.45, 2.75) is 43.8 Å². The number of pyridine rings is 1. The standard InChI is InChI=1S/C23H24F4N2O/c1-22(14-23(25,26)27,19-12-16(24)7-8-21(19)30-2)13-17(28)11-15-9-10-29-20-6-4-3-5-18(15)20/h3-10,12,17H,11,13-14,28H2,1-2H3. The van der Waals surface area contributed by atoms with E-state index in [-0.39, 0.29) is 17.7 Å². The summed E-state index contributed by atoms with van der Waals surface area (Å²) in [6.07, 6.45) is -3.55. The van der Waals surface area contributed by atoms with Gasteiger partial charge in [-0.3, -0.25) is 4.98 Å². The van der Waals surface area contributed by atoms with Gasteiger partial charge in [-0.2, -0.15) is 13.2 Å². The van der Waals surface area contributed by atoms with Crippen molar-refractivity contribution in [3.05, 3.63) is 71.7 Å². The lowest BCUT2D eigenvalue weighted by molar-refractivity contribution is -0.148. The molecule has 3 aromatic rings. The Morgan fingerprint density at radius 2 is 1.83 bits per heavy atom. The maximum Gasteiger partial charge on any atom is 0.389 e. The minimum absolute atomic E-state index is 0.00295. The van der Waals surface area contributed by atoms with Gasteiger partial charge in [-0.25, -0.2) is 4.39 Å². The summed E-state index contributed by atoms with van der Waals surface area (Å²) in [4.78, 5) is 4.30. The largest absolute Gasteiger partial charge is 0.496 e. The van der Waals surface area contributed by atoms with Crippen LogP contribution in [0.5, 0.6) is 5.75 Å². The van der Waals surface area contributed by atoms with Crippen LogP contribution in [0.2, 0.25) is 0 Å². The number of hydrogen-bond acceptors (Lipinski definition) is 3. The first-order valence-corrected chi connectivity index (χ1v) is 9.60. The molecule has 30 heavy (non-hydrogen) atoms. The number of fused-ring (bicyclic) bond motifs is 1. The first-order chi connectivity index (χ1) is 14.1. The highest BCUT2D eigenvalue weighted by Gasteiger charge is 2.43. The molecule has 0 bridgehead atoms. The number of nitrogens with two attached hydrogens (primary N) is 1. The number of rotatable bonds is 7. The Hall–Kier alpha value is -2.67. The highest BCUT2D eigenvalue weighted by Crippen LogP contribution is 2.43. The average Bonchev–Trinajstić information content (AvgIpc) is 2.66. The number of hydrogen-bond donors (Lipinski definition) is 1. The number of benzene rings is 2. The van der Waals surface area contributed by atoms with Gasteiger partial charge in [0.1, 0.15) is 11.6 Å². The van der Waals surface area contributed by atoms with E-state index in [9.17, 15) is 17.6 Å². The van der Waals surface area contributed by atoms with Gasteiger partial charge in [-0.05, 0) is 48.7 Å². The van der Waals surface area contributed by atoms with Gasteiger partial charge < -0.3 is 10.5 Å². The maximum absolute atomic E-state index is 13.9. The zero-order valence-corrected chi connectivity index (χ0v) is 16.8. The molecular weight excluding hydrogens is 396 g/mol. The molecule has 0 spiro atoms. The van der Waals surface area contributed by atoms with Gasteiger partial charge in [-0.15, -0.1) is 0 Å². The quantitative estimate of drug-likeness (QED) is 0.510. The molecule has 0 aliphatic carbocycles. The minimum atomic E-state index is -4.45. The molecule has 3 rings (SSSR count). The van der Waals surface area contributed by atoms with Gasteiger partial charge in [0, 0.05) is 28.6 Å². The van der Waals surface area contributed by atoms with E-state index in [2.05, 4.69) is 4.98 Å². The van der Waals surface area contributed by atoms with Crippen LogP contribution in [0.3, 0.4) is 0 Å². The fraction of sp³-hybridized carbons (Fsp3) is 0.348. The van der Waals surface area contributed by atoms with E-state index in [1.165, 1.54) is 26.2 Å². The van der Waals surface area contributed by atoms with Crippen molar-refractivity contribution in [2.24, 2.45) is 5.73 Å². The summed E-state index contributed by atoms with van der Waals surface area (Å²) in [5.74, 6) is -0.405. The molecular formula is C23H24F4N2O. The Bertz CT molecular complexity index is 1020. The van der Waals surface area contributed by atoms with Gasteiger partial charge in [0.25, 0.3) is 0 Å². The van der Waals surface area contributed by atoms with Crippen LogP contribution in [0.25, 0.3) is 10.9 Å². The third-order valence-corrected chi connectivity index (χ3v) is 5.34. The molecule has 2 N–H and O–H groups in total. The molecule has 0 aliphatic heterocycles. The number of nitrogens with zero attached hydrogens (tertiary/aromatic N) is 1. The molecule has 160 valence electrons. The third-order valence-electron chi connectivity index (χ3n) is 5.34. The van der Waals surface area contributed by atoms with E-state index in [0.717, 1.165) is 22.5 Å². The van der Waals surface area contributed by atoms with Crippen molar-refractivity contribution in [1.82, 2.24) is 4.98 Å². The summed E-state index contributed by atoms with van der Waals surface area (Å²) >= 11 is 0. The topological polar surface area (TPSA) is 48.1 Å². The number of alkyl halides is 3. The number of aromatic nitrogens is 1. The average molecular weight is 420 g/mol. The smallest absolute Gasteiger partial charge is 0.389 e. The number of para-hydroxylation sites is 1. The number of ether oxygens (including phenoxy) is 1. The van der Waals surface area contributed by atoms with Crippen LogP contribution in [0.15, 0.2) is 54.7 Å². The lowest BCUT2D eigenvalue weighted by atomic mass is 9.73. The van der Waals surface area contributed by atoms with Gasteiger partial charge in [-0.1, -0.05) is 25.1 Å². The Labute approximate surface area is 172 Å². The van der Waals surface area contributed by atoms with Crippen LogP contribution in [0.4, 0.5) is 17.6 Å². The van der Waals surface area contributed by atoms with Crippen LogP contribution >= 0.6 is 0 Å². The molecule has 7 heteroatoms. The predicted octanol–water partition coefficient (Wildman–Crippen LogP) is 5.55. The lowest BCUT2D eigenvalue weighted by Gasteiger charge is -2.34. The first-order valence-electron chi connectivity index (χ1n) is 9.60. The molecule has 3 nitrogen and oxygen atoms in total. The molecule has 2 atom stereocenters. The zero-order valence-electron chi connectivity index (χ0n) is 16.8. The van der Waals surface area contributed by atoms with Crippen molar-refractivity contribution in [1.29, 1.82) is 0 Å². The van der Waals surface area contributed by atoms with Crippen molar-refractivity contribution >= 4 is 10.9 Å². The molecule has 1 heterocycles. The van der Waals surface area contributed by atoms with Crippen molar-refractivity contribution in [2.75, 3.05) is 7.11 Å². The van der Waals surface area contributed by atoms with E-state index < -0.39 is 29.9 Å². The van der Waals surface area contributed by atoms with Gasteiger partial charge in [0.15, 0.2) is 0 Å². The summed E-state index contributed by atoms with van der Waals surface area (Å²) in [5, 5.41) is 0.913. The maximum atomic E-state index is 13.9. The highest BCUT2D eigenvalue weighted by molar-refractivity contribution is 5.81. The molecule has 0 fully saturated rings. The second kappa shape index (κ2) is 8.60.